The van der Waals surface area contributed by atoms with Gasteiger partial charge in [-0.05, 0) is 47.6 Å². The summed E-state index contributed by atoms with van der Waals surface area (Å²) in [6.07, 6.45) is 3.02. The average Bonchev–Trinajstić information content (AvgIpc) is 3.20. The van der Waals surface area contributed by atoms with Gasteiger partial charge in [0.2, 0.25) is 11.1 Å². The maximum absolute atomic E-state index is 12.0. The van der Waals surface area contributed by atoms with Crippen molar-refractivity contribution >= 4 is 29.0 Å². The summed E-state index contributed by atoms with van der Waals surface area (Å²) >= 11 is 3.11. The summed E-state index contributed by atoms with van der Waals surface area (Å²) in [5.41, 5.74) is 0. The first-order chi connectivity index (χ1) is 11.5. The Kier molecular flexibility index (Phi) is 7.71. The van der Waals surface area contributed by atoms with E-state index in [2.05, 4.69) is 53.1 Å². The lowest BCUT2D eigenvalue weighted by atomic mass is 10.0. The van der Waals surface area contributed by atoms with Crippen molar-refractivity contribution in [2.24, 2.45) is 5.92 Å². The van der Waals surface area contributed by atoms with Crippen molar-refractivity contribution in [3.63, 3.8) is 0 Å². The minimum absolute atomic E-state index is 0.0315. The summed E-state index contributed by atoms with van der Waals surface area (Å²) in [6, 6.07) is 4.35. The molecule has 1 N–H and O–H groups in total. The lowest BCUT2D eigenvalue weighted by molar-refractivity contribution is -0.119. The summed E-state index contributed by atoms with van der Waals surface area (Å²) in [7, 11) is 0. The van der Waals surface area contributed by atoms with E-state index in [-0.39, 0.29) is 11.9 Å². The molecule has 132 valence electrons. The monoisotopic (exact) mass is 367 g/mol. The van der Waals surface area contributed by atoms with E-state index in [4.69, 9.17) is 0 Å². The number of rotatable bonds is 10. The van der Waals surface area contributed by atoms with Crippen molar-refractivity contribution < 1.29 is 4.79 Å². The van der Waals surface area contributed by atoms with E-state index < -0.39 is 0 Å². The Morgan fingerprint density at radius 2 is 2.21 bits per heavy atom. The number of thiophene rings is 1. The van der Waals surface area contributed by atoms with Crippen molar-refractivity contribution in [2.45, 2.75) is 57.8 Å². The van der Waals surface area contributed by atoms with Gasteiger partial charge in [0, 0.05) is 17.3 Å². The Balaban J connectivity index is 1.73. The Morgan fingerprint density at radius 1 is 1.38 bits per heavy atom. The number of nitrogens with one attached hydrogen (secondary N) is 1. The van der Waals surface area contributed by atoms with Crippen LogP contribution in [0.25, 0.3) is 0 Å². The third-order valence-corrected chi connectivity index (χ3v) is 5.46. The molecule has 0 aliphatic heterocycles. The van der Waals surface area contributed by atoms with Gasteiger partial charge in [0.25, 0.3) is 0 Å². The van der Waals surface area contributed by atoms with Crippen molar-refractivity contribution in [3.8, 4) is 0 Å². The fraction of sp³-hybridized carbons (Fsp3) is 0.625. The first kappa shape index (κ1) is 18.9. The number of thioether (sulfide) groups is 1. The third kappa shape index (κ3) is 6.60. The summed E-state index contributed by atoms with van der Waals surface area (Å²) in [4.78, 5) is 13.3. The zero-order valence-electron chi connectivity index (χ0n) is 14.4. The van der Waals surface area contributed by atoms with E-state index in [0.717, 1.165) is 25.8 Å². The molecule has 0 spiro atoms. The Labute approximate surface area is 151 Å². The Bertz CT molecular complexity index is 612. The molecule has 0 saturated carbocycles. The van der Waals surface area contributed by atoms with E-state index in [1.165, 1.54) is 16.6 Å². The molecular formula is C16H25N5OS2. The van der Waals surface area contributed by atoms with Crippen LogP contribution in [0.2, 0.25) is 0 Å². The van der Waals surface area contributed by atoms with Crippen LogP contribution in [0.1, 0.15) is 38.5 Å². The molecule has 0 fully saturated rings. The molecule has 24 heavy (non-hydrogen) atoms. The number of aromatic nitrogens is 4. The highest BCUT2D eigenvalue weighted by Gasteiger charge is 2.12. The summed E-state index contributed by atoms with van der Waals surface area (Å²) in [5.74, 6) is 1.03. The second-order valence-corrected chi connectivity index (χ2v) is 8.22. The van der Waals surface area contributed by atoms with Crippen molar-refractivity contribution in [3.05, 3.63) is 22.4 Å². The first-order valence-corrected chi connectivity index (χ1v) is 10.1. The molecule has 0 saturated heterocycles. The van der Waals surface area contributed by atoms with Crippen LogP contribution >= 0.6 is 23.1 Å². The first-order valence-electron chi connectivity index (χ1n) is 8.25. The van der Waals surface area contributed by atoms with Crippen LogP contribution in [0.15, 0.2) is 22.7 Å². The SMILES string of the molecule is CC(C)CCC(C)NC(=O)CSc1nnnn1CCc1cccs1. The van der Waals surface area contributed by atoms with Crippen LogP contribution in [0.5, 0.6) is 0 Å². The molecule has 8 heteroatoms. The van der Waals surface area contributed by atoms with E-state index in [1.54, 1.807) is 16.0 Å². The number of hydrogen-bond acceptors (Lipinski definition) is 6. The van der Waals surface area contributed by atoms with Gasteiger partial charge in [-0.3, -0.25) is 4.79 Å². The minimum atomic E-state index is 0.0315. The largest absolute Gasteiger partial charge is 0.353 e. The van der Waals surface area contributed by atoms with Crippen LogP contribution in [-0.2, 0) is 17.8 Å². The quantitative estimate of drug-likeness (QED) is 0.654. The number of tetrazole rings is 1. The zero-order valence-corrected chi connectivity index (χ0v) is 16.1. The lowest BCUT2D eigenvalue weighted by Crippen LogP contribution is -2.34. The highest BCUT2D eigenvalue weighted by molar-refractivity contribution is 7.99. The highest BCUT2D eigenvalue weighted by atomic mass is 32.2. The van der Waals surface area contributed by atoms with Gasteiger partial charge in [0.15, 0.2) is 0 Å². The van der Waals surface area contributed by atoms with Crippen LogP contribution in [0.4, 0.5) is 0 Å². The molecule has 1 unspecified atom stereocenters. The number of carbonyl (C=O) groups is 1. The van der Waals surface area contributed by atoms with Gasteiger partial charge in [-0.15, -0.1) is 16.4 Å². The number of amides is 1. The average molecular weight is 368 g/mol. The standard InChI is InChI=1S/C16H25N5OS2/c1-12(2)6-7-13(3)17-15(22)11-24-16-18-19-20-21(16)9-8-14-5-4-10-23-14/h4-5,10,12-13H,6-9,11H2,1-3H3,(H,17,22). The number of carbonyl (C=O) groups excluding carboxylic acids is 1. The summed E-state index contributed by atoms with van der Waals surface area (Å²) < 4.78 is 1.76. The molecule has 2 aromatic heterocycles. The second-order valence-electron chi connectivity index (χ2n) is 6.24. The molecule has 0 aliphatic carbocycles. The highest BCUT2D eigenvalue weighted by Crippen LogP contribution is 2.16. The lowest BCUT2D eigenvalue weighted by Gasteiger charge is -2.14. The van der Waals surface area contributed by atoms with Crippen LogP contribution in [0, 0.1) is 5.92 Å². The third-order valence-electron chi connectivity index (χ3n) is 3.57. The fourth-order valence-corrected chi connectivity index (χ4v) is 3.63. The minimum Gasteiger partial charge on any atom is -0.353 e. The fourth-order valence-electron chi connectivity index (χ4n) is 2.21. The van der Waals surface area contributed by atoms with Crippen molar-refractivity contribution in [1.82, 2.24) is 25.5 Å². The molecule has 2 heterocycles. The van der Waals surface area contributed by atoms with Gasteiger partial charge in [-0.2, -0.15) is 0 Å². The van der Waals surface area contributed by atoms with Crippen LogP contribution < -0.4 is 5.32 Å². The molecule has 0 bridgehead atoms. The molecule has 0 aromatic carbocycles. The molecule has 1 amide bonds. The smallest absolute Gasteiger partial charge is 0.230 e. The van der Waals surface area contributed by atoms with Gasteiger partial charge >= 0.3 is 0 Å². The molecule has 1 atom stereocenters. The van der Waals surface area contributed by atoms with Crippen molar-refractivity contribution in [2.75, 3.05) is 5.75 Å². The molecule has 6 nitrogen and oxygen atoms in total. The van der Waals surface area contributed by atoms with Gasteiger partial charge in [-0.25, -0.2) is 4.68 Å². The predicted octanol–water partition coefficient (Wildman–Crippen LogP) is 3.01. The summed E-state index contributed by atoms with van der Waals surface area (Å²) in [5, 5.41) is 17.5. The van der Waals surface area contributed by atoms with Gasteiger partial charge < -0.3 is 5.32 Å². The molecular weight excluding hydrogens is 342 g/mol. The van der Waals surface area contributed by atoms with E-state index in [9.17, 15) is 4.79 Å². The zero-order chi connectivity index (χ0) is 17.4. The van der Waals surface area contributed by atoms with Crippen LogP contribution in [-0.4, -0.2) is 37.9 Å². The van der Waals surface area contributed by atoms with Crippen molar-refractivity contribution in [1.29, 1.82) is 0 Å². The summed E-state index contributed by atoms with van der Waals surface area (Å²) in [6.45, 7) is 7.17. The molecule has 2 aromatic rings. The maximum Gasteiger partial charge on any atom is 0.230 e. The predicted molar refractivity (Wildman–Crippen MR) is 98.2 cm³/mol. The second kappa shape index (κ2) is 9.78. The molecule has 0 aliphatic rings. The number of nitrogens with zero attached hydrogens (tertiary/aromatic N) is 4. The molecule has 0 radical (unpaired) electrons. The van der Waals surface area contributed by atoms with E-state index in [0.29, 0.717) is 16.8 Å². The van der Waals surface area contributed by atoms with Gasteiger partial charge in [-0.1, -0.05) is 31.7 Å². The van der Waals surface area contributed by atoms with E-state index in [1.807, 2.05) is 6.07 Å². The van der Waals surface area contributed by atoms with Gasteiger partial charge in [0.1, 0.15) is 0 Å². The van der Waals surface area contributed by atoms with Gasteiger partial charge in [0.05, 0.1) is 12.3 Å². The normalized spacial score (nSPS) is 12.5. The molecule has 2 rings (SSSR count). The number of aryl methyl sites for hydroxylation is 2. The Hall–Kier alpha value is -1.41. The topological polar surface area (TPSA) is 72.7 Å². The Morgan fingerprint density at radius 3 is 2.92 bits per heavy atom. The van der Waals surface area contributed by atoms with E-state index >= 15 is 0 Å². The van der Waals surface area contributed by atoms with Crippen LogP contribution in [0.3, 0.4) is 0 Å². The number of hydrogen-bond donors (Lipinski definition) is 1. The maximum atomic E-state index is 12.0.